The van der Waals surface area contributed by atoms with Gasteiger partial charge in [-0.05, 0) is 17.4 Å². The number of hydrogen-bond donors (Lipinski definition) is 0. The highest BCUT2D eigenvalue weighted by molar-refractivity contribution is 5.69. The molecule has 0 unspecified atom stereocenters. The Labute approximate surface area is 92.4 Å². The van der Waals surface area contributed by atoms with Gasteiger partial charge in [-0.3, -0.25) is 0 Å². The van der Waals surface area contributed by atoms with Crippen LogP contribution in [0.1, 0.15) is 30.9 Å². The van der Waals surface area contributed by atoms with Crippen molar-refractivity contribution in [2.24, 2.45) is 5.92 Å². The lowest BCUT2D eigenvalue weighted by atomic mass is 9.80. The van der Waals surface area contributed by atoms with Gasteiger partial charge in [0.2, 0.25) is 0 Å². The van der Waals surface area contributed by atoms with E-state index in [1.165, 1.54) is 16.8 Å². The summed E-state index contributed by atoms with van der Waals surface area (Å²) in [6.07, 6.45) is 2.38. The average Bonchev–Trinajstić information content (AvgIpc) is 2.23. The van der Waals surface area contributed by atoms with E-state index in [1.807, 2.05) is 0 Å². The Bertz CT molecular complexity index is 390. The third-order valence-corrected chi connectivity index (χ3v) is 3.42. The maximum atomic E-state index is 2.38. The third-order valence-electron chi connectivity index (χ3n) is 3.42. The van der Waals surface area contributed by atoms with Crippen LogP contribution in [0.3, 0.4) is 0 Å². The standard InChI is InChI=1S/C14H19N/c1-10-9-14(15(3)4)13-8-6-5-7-12(13)11(10)2/h5-11H,1-4H3/t10-,11-/m0/s1. The SMILES string of the molecule is C[C@@H]1c2ccccc2C(N(C)C)=C[C@@H]1C. The Morgan fingerprint density at radius 3 is 2.40 bits per heavy atom. The van der Waals surface area contributed by atoms with Crippen LogP contribution in [-0.2, 0) is 0 Å². The van der Waals surface area contributed by atoms with Gasteiger partial charge in [0.15, 0.2) is 0 Å². The fourth-order valence-corrected chi connectivity index (χ4v) is 2.28. The summed E-state index contributed by atoms with van der Waals surface area (Å²) in [5.41, 5.74) is 4.24. The van der Waals surface area contributed by atoms with Crippen LogP contribution in [0.25, 0.3) is 5.70 Å². The lowest BCUT2D eigenvalue weighted by Crippen LogP contribution is -2.19. The number of allylic oxidation sites excluding steroid dienone is 1. The second kappa shape index (κ2) is 3.73. The minimum absolute atomic E-state index is 0.622. The van der Waals surface area contributed by atoms with E-state index in [0.717, 1.165) is 0 Å². The van der Waals surface area contributed by atoms with E-state index >= 15 is 0 Å². The maximum Gasteiger partial charge on any atom is 0.0399 e. The van der Waals surface area contributed by atoms with Gasteiger partial charge in [-0.2, -0.15) is 0 Å². The van der Waals surface area contributed by atoms with Gasteiger partial charge in [0.1, 0.15) is 0 Å². The van der Waals surface area contributed by atoms with Crippen molar-refractivity contribution in [3.05, 3.63) is 41.5 Å². The van der Waals surface area contributed by atoms with Crippen molar-refractivity contribution in [1.82, 2.24) is 4.90 Å². The van der Waals surface area contributed by atoms with E-state index in [0.29, 0.717) is 11.8 Å². The van der Waals surface area contributed by atoms with Crippen molar-refractivity contribution in [3.8, 4) is 0 Å². The quantitative estimate of drug-likeness (QED) is 0.673. The van der Waals surface area contributed by atoms with Crippen molar-refractivity contribution in [1.29, 1.82) is 0 Å². The summed E-state index contributed by atoms with van der Waals surface area (Å²) in [5, 5.41) is 0. The molecule has 0 N–H and O–H groups in total. The van der Waals surface area contributed by atoms with Crippen molar-refractivity contribution >= 4 is 5.70 Å². The Balaban J connectivity index is 2.56. The molecule has 1 aliphatic rings. The molecule has 0 amide bonds. The van der Waals surface area contributed by atoms with Gasteiger partial charge in [0.25, 0.3) is 0 Å². The highest BCUT2D eigenvalue weighted by Gasteiger charge is 2.23. The largest absolute Gasteiger partial charge is 0.377 e. The zero-order valence-electron chi connectivity index (χ0n) is 9.99. The summed E-state index contributed by atoms with van der Waals surface area (Å²) in [7, 11) is 4.23. The summed E-state index contributed by atoms with van der Waals surface area (Å²) in [6, 6.07) is 8.75. The van der Waals surface area contributed by atoms with E-state index in [-0.39, 0.29) is 0 Å². The first kappa shape index (κ1) is 10.3. The first-order valence-corrected chi connectivity index (χ1v) is 5.59. The summed E-state index contributed by atoms with van der Waals surface area (Å²) in [6.45, 7) is 4.61. The third kappa shape index (κ3) is 1.67. The Kier molecular flexibility index (Phi) is 2.56. The number of benzene rings is 1. The molecule has 2 rings (SSSR count). The van der Waals surface area contributed by atoms with E-state index in [1.54, 1.807) is 0 Å². The molecule has 0 spiro atoms. The van der Waals surface area contributed by atoms with Crippen LogP contribution in [0.4, 0.5) is 0 Å². The number of fused-ring (bicyclic) bond motifs is 1. The summed E-state index contributed by atoms with van der Waals surface area (Å²) >= 11 is 0. The van der Waals surface area contributed by atoms with Crippen LogP contribution in [-0.4, -0.2) is 19.0 Å². The first-order chi connectivity index (χ1) is 7.11. The second-order valence-electron chi connectivity index (χ2n) is 4.68. The molecule has 0 aliphatic heterocycles. The average molecular weight is 201 g/mol. The van der Waals surface area contributed by atoms with Crippen LogP contribution in [0.2, 0.25) is 0 Å². The molecule has 15 heavy (non-hydrogen) atoms. The van der Waals surface area contributed by atoms with Crippen LogP contribution < -0.4 is 0 Å². The molecule has 0 saturated carbocycles. The van der Waals surface area contributed by atoms with E-state index in [2.05, 4.69) is 63.2 Å². The molecule has 0 bridgehead atoms. The molecule has 2 atom stereocenters. The highest BCUT2D eigenvalue weighted by Crippen LogP contribution is 2.37. The van der Waals surface area contributed by atoms with E-state index in [9.17, 15) is 0 Å². The maximum absolute atomic E-state index is 2.38. The topological polar surface area (TPSA) is 3.24 Å². The van der Waals surface area contributed by atoms with Crippen molar-refractivity contribution in [2.45, 2.75) is 19.8 Å². The molecule has 1 aliphatic carbocycles. The molecule has 0 aromatic heterocycles. The molecule has 1 nitrogen and oxygen atoms in total. The zero-order chi connectivity index (χ0) is 11.0. The Morgan fingerprint density at radius 1 is 1.07 bits per heavy atom. The molecule has 1 aromatic rings. The van der Waals surface area contributed by atoms with Crippen LogP contribution in [0, 0.1) is 5.92 Å². The summed E-state index contributed by atoms with van der Waals surface area (Å²) in [4.78, 5) is 2.21. The number of rotatable bonds is 1. The predicted octanol–water partition coefficient (Wildman–Crippen LogP) is 3.34. The fourth-order valence-electron chi connectivity index (χ4n) is 2.28. The van der Waals surface area contributed by atoms with E-state index < -0.39 is 0 Å². The molecular formula is C14H19N. The van der Waals surface area contributed by atoms with Crippen molar-refractivity contribution in [2.75, 3.05) is 14.1 Å². The minimum atomic E-state index is 0.622. The van der Waals surface area contributed by atoms with Crippen molar-refractivity contribution < 1.29 is 0 Å². The monoisotopic (exact) mass is 201 g/mol. The number of nitrogens with zero attached hydrogens (tertiary/aromatic N) is 1. The van der Waals surface area contributed by atoms with E-state index in [4.69, 9.17) is 0 Å². The predicted molar refractivity (Wildman–Crippen MR) is 65.7 cm³/mol. The van der Waals surface area contributed by atoms with Crippen LogP contribution >= 0.6 is 0 Å². The molecule has 1 aromatic carbocycles. The van der Waals surface area contributed by atoms with Gasteiger partial charge in [-0.1, -0.05) is 44.2 Å². The lowest BCUT2D eigenvalue weighted by Gasteiger charge is -2.31. The summed E-state index contributed by atoms with van der Waals surface area (Å²) in [5.74, 6) is 1.25. The first-order valence-electron chi connectivity index (χ1n) is 5.59. The number of hydrogen-bond acceptors (Lipinski definition) is 1. The van der Waals surface area contributed by atoms with Crippen LogP contribution in [0.5, 0.6) is 0 Å². The molecule has 0 saturated heterocycles. The molecule has 0 radical (unpaired) electrons. The Hall–Kier alpha value is -1.24. The second-order valence-corrected chi connectivity index (χ2v) is 4.68. The summed E-state index contributed by atoms with van der Waals surface area (Å²) < 4.78 is 0. The van der Waals surface area contributed by atoms with Gasteiger partial charge in [0.05, 0.1) is 0 Å². The molecule has 1 heteroatoms. The van der Waals surface area contributed by atoms with Gasteiger partial charge in [0, 0.05) is 25.4 Å². The lowest BCUT2D eigenvalue weighted by molar-refractivity contribution is 0.536. The van der Waals surface area contributed by atoms with Gasteiger partial charge < -0.3 is 4.90 Å². The highest BCUT2D eigenvalue weighted by atomic mass is 15.1. The zero-order valence-corrected chi connectivity index (χ0v) is 9.99. The Morgan fingerprint density at radius 2 is 1.73 bits per heavy atom. The molecule has 0 heterocycles. The van der Waals surface area contributed by atoms with Gasteiger partial charge in [-0.15, -0.1) is 0 Å². The molecule has 80 valence electrons. The normalized spacial score (nSPS) is 24.4. The van der Waals surface area contributed by atoms with Crippen LogP contribution in [0.15, 0.2) is 30.3 Å². The fraction of sp³-hybridized carbons (Fsp3) is 0.429. The molecule has 0 fully saturated rings. The van der Waals surface area contributed by atoms with Gasteiger partial charge in [-0.25, -0.2) is 0 Å². The minimum Gasteiger partial charge on any atom is -0.377 e. The van der Waals surface area contributed by atoms with Crippen molar-refractivity contribution in [3.63, 3.8) is 0 Å². The molecular weight excluding hydrogens is 182 g/mol. The van der Waals surface area contributed by atoms with Gasteiger partial charge >= 0.3 is 0 Å². The smallest absolute Gasteiger partial charge is 0.0399 e.